The van der Waals surface area contributed by atoms with Gasteiger partial charge in [-0.2, -0.15) is 8.78 Å². The van der Waals surface area contributed by atoms with Crippen molar-refractivity contribution in [3.8, 4) is 0 Å². The second kappa shape index (κ2) is 7.51. The Bertz CT molecular complexity index is 329. The molecule has 0 aliphatic heterocycles. The van der Waals surface area contributed by atoms with Crippen LogP contribution in [0.5, 0.6) is 0 Å². The first-order valence-corrected chi connectivity index (χ1v) is 8.46. The molecule has 0 aromatic carbocycles. The van der Waals surface area contributed by atoms with E-state index in [1.54, 1.807) is 0 Å². The number of allylic oxidation sites excluding steroid dienone is 2. The summed E-state index contributed by atoms with van der Waals surface area (Å²) in [6.07, 6.45) is 7.32. The molecule has 0 bridgehead atoms. The summed E-state index contributed by atoms with van der Waals surface area (Å²) in [7, 11) is -4.41. The highest BCUT2D eigenvalue weighted by atomic mass is 31.2. The Kier molecular flexibility index (Phi) is 6.64. The monoisotopic (exact) mass is 296 g/mol. The molecule has 0 heterocycles. The zero-order valence-corrected chi connectivity index (χ0v) is 12.5. The number of alkyl halides is 2. The van der Waals surface area contributed by atoms with E-state index in [4.69, 9.17) is 9.05 Å². The molecule has 1 saturated carbocycles. The maximum atomic E-state index is 14.0. The van der Waals surface area contributed by atoms with Crippen molar-refractivity contribution in [1.82, 2.24) is 0 Å². The lowest BCUT2D eigenvalue weighted by molar-refractivity contribution is 0.0787. The summed E-state index contributed by atoms with van der Waals surface area (Å²) in [5.74, 6) is 0.149. The second-order valence-corrected chi connectivity index (χ2v) is 6.79. The van der Waals surface area contributed by atoms with E-state index in [0.717, 1.165) is 38.2 Å². The molecule has 0 unspecified atom stereocenters. The number of hydrogen-bond acceptors (Lipinski definition) is 3. The first-order valence-electron chi connectivity index (χ1n) is 6.91. The SMILES string of the molecule is CCOP(=O)(OCC)C(F)(F)/C=C/C1CCCCC1. The van der Waals surface area contributed by atoms with Crippen molar-refractivity contribution in [2.75, 3.05) is 13.2 Å². The van der Waals surface area contributed by atoms with Crippen molar-refractivity contribution in [1.29, 1.82) is 0 Å². The summed E-state index contributed by atoms with van der Waals surface area (Å²) in [6.45, 7) is 2.91. The molecule has 0 radical (unpaired) electrons. The summed E-state index contributed by atoms with van der Waals surface area (Å²) in [6, 6.07) is 0. The highest BCUT2D eigenvalue weighted by molar-refractivity contribution is 7.55. The van der Waals surface area contributed by atoms with Crippen LogP contribution in [0, 0.1) is 5.92 Å². The Morgan fingerprint density at radius 1 is 1.16 bits per heavy atom. The van der Waals surface area contributed by atoms with Crippen LogP contribution < -0.4 is 0 Å². The molecule has 19 heavy (non-hydrogen) atoms. The fraction of sp³-hybridized carbons (Fsp3) is 0.846. The van der Waals surface area contributed by atoms with Gasteiger partial charge in [-0.3, -0.25) is 4.57 Å². The second-order valence-electron chi connectivity index (χ2n) is 4.68. The van der Waals surface area contributed by atoms with Crippen LogP contribution >= 0.6 is 7.60 Å². The molecular formula is C13H23F2O3P. The Labute approximate surface area is 113 Å². The van der Waals surface area contributed by atoms with Crippen molar-refractivity contribution in [2.24, 2.45) is 5.92 Å². The Hall–Kier alpha value is -0.250. The van der Waals surface area contributed by atoms with Gasteiger partial charge in [-0.1, -0.05) is 25.3 Å². The molecule has 0 aromatic heterocycles. The van der Waals surface area contributed by atoms with E-state index < -0.39 is 13.3 Å². The van der Waals surface area contributed by atoms with Gasteiger partial charge in [0.2, 0.25) is 0 Å². The van der Waals surface area contributed by atoms with E-state index in [0.29, 0.717) is 0 Å². The van der Waals surface area contributed by atoms with Crippen LogP contribution in [0.1, 0.15) is 46.0 Å². The first kappa shape index (κ1) is 16.8. The molecule has 0 N–H and O–H groups in total. The van der Waals surface area contributed by atoms with Gasteiger partial charge >= 0.3 is 13.3 Å². The van der Waals surface area contributed by atoms with Gasteiger partial charge in [0.15, 0.2) is 0 Å². The molecule has 3 nitrogen and oxygen atoms in total. The van der Waals surface area contributed by atoms with Crippen LogP contribution in [-0.4, -0.2) is 18.9 Å². The zero-order chi connectivity index (χ0) is 14.4. The minimum atomic E-state index is -4.41. The van der Waals surface area contributed by atoms with E-state index >= 15 is 0 Å². The Morgan fingerprint density at radius 2 is 1.68 bits per heavy atom. The van der Waals surface area contributed by atoms with Gasteiger partial charge in [0.05, 0.1) is 13.2 Å². The Balaban J connectivity index is 2.75. The van der Waals surface area contributed by atoms with Crippen LogP contribution in [0.2, 0.25) is 0 Å². The maximum absolute atomic E-state index is 14.0. The molecule has 1 fully saturated rings. The van der Waals surface area contributed by atoms with Crippen molar-refractivity contribution in [2.45, 2.75) is 51.6 Å². The first-order chi connectivity index (χ1) is 8.95. The lowest BCUT2D eigenvalue weighted by Crippen LogP contribution is -2.18. The topological polar surface area (TPSA) is 35.5 Å². The fourth-order valence-electron chi connectivity index (χ4n) is 2.22. The third-order valence-corrected chi connectivity index (χ3v) is 5.26. The smallest absolute Gasteiger partial charge is 0.304 e. The molecule has 1 aliphatic rings. The number of rotatable bonds is 7. The molecule has 6 heteroatoms. The lowest BCUT2D eigenvalue weighted by atomic mass is 9.89. The van der Waals surface area contributed by atoms with E-state index in [9.17, 15) is 13.3 Å². The van der Waals surface area contributed by atoms with E-state index in [-0.39, 0.29) is 19.1 Å². The van der Waals surface area contributed by atoms with E-state index in [1.165, 1.54) is 19.9 Å². The minimum Gasteiger partial charge on any atom is -0.304 e. The highest BCUT2D eigenvalue weighted by Crippen LogP contribution is 2.62. The summed E-state index contributed by atoms with van der Waals surface area (Å²) in [5, 5.41) is 0. The summed E-state index contributed by atoms with van der Waals surface area (Å²) in [4.78, 5) is 0. The summed E-state index contributed by atoms with van der Waals surface area (Å²) in [5.41, 5.74) is -3.56. The molecule has 0 saturated heterocycles. The third kappa shape index (κ3) is 4.66. The van der Waals surface area contributed by atoms with Gasteiger partial charge in [0, 0.05) is 0 Å². The highest BCUT2D eigenvalue weighted by Gasteiger charge is 2.51. The lowest BCUT2D eigenvalue weighted by Gasteiger charge is -2.24. The predicted molar refractivity (Wildman–Crippen MR) is 71.5 cm³/mol. The summed E-state index contributed by atoms with van der Waals surface area (Å²) >= 11 is 0. The standard InChI is InChI=1S/C13H23F2O3P/c1-3-17-19(16,18-4-2)13(14,15)11-10-12-8-6-5-7-9-12/h10-12H,3-9H2,1-2H3/b11-10+. The third-order valence-electron chi connectivity index (χ3n) is 3.18. The van der Waals surface area contributed by atoms with Crippen molar-refractivity contribution >= 4 is 7.60 Å². The average Bonchev–Trinajstić information content (AvgIpc) is 2.38. The molecule has 1 rings (SSSR count). The van der Waals surface area contributed by atoms with Crippen molar-refractivity contribution in [3.63, 3.8) is 0 Å². The molecule has 0 spiro atoms. The average molecular weight is 296 g/mol. The van der Waals surface area contributed by atoms with Crippen LogP contribution in [0.25, 0.3) is 0 Å². The predicted octanol–water partition coefficient (Wildman–Crippen LogP) is 4.98. The van der Waals surface area contributed by atoms with Crippen LogP contribution in [0.3, 0.4) is 0 Å². The fourth-order valence-corrected chi connectivity index (χ4v) is 3.59. The van der Waals surface area contributed by atoms with Gasteiger partial charge in [0.25, 0.3) is 0 Å². The molecule has 1 aliphatic carbocycles. The molecular weight excluding hydrogens is 273 g/mol. The van der Waals surface area contributed by atoms with Crippen molar-refractivity contribution in [3.05, 3.63) is 12.2 Å². The Morgan fingerprint density at radius 3 is 2.16 bits per heavy atom. The molecule has 0 atom stereocenters. The van der Waals surface area contributed by atoms with Crippen molar-refractivity contribution < 1.29 is 22.4 Å². The van der Waals surface area contributed by atoms with E-state index in [2.05, 4.69) is 0 Å². The van der Waals surface area contributed by atoms with Crippen LogP contribution in [0.4, 0.5) is 8.78 Å². The molecule has 0 aromatic rings. The molecule has 0 amide bonds. The zero-order valence-electron chi connectivity index (χ0n) is 11.6. The van der Waals surface area contributed by atoms with Gasteiger partial charge in [-0.15, -0.1) is 0 Å². The van der Waals surface area contributed by atoms with Gasteiger partial charge in [0.1, 0.15) is 0 Å². The minimum absolute atomic E-state index is 0.0653. The normalized spacial score (nSPS) is 19.2. The van der Waals surface area contributed by atoms with Gasteiger partial charge < -0.3 is 9.05 Å². The van der Waals surface area contributed by atoms with Crippen LogP contribution in [-0.2, 0) is 13.6 Å². The number of hydrogen-bond donors (Lipinski definition) is 0. The number of halogens is 2. The molecule has 112 valence electrons. The summed E-state index contributed by atoms with van der Waals surface area (Å²) < 4.78 is 49.5. The quantitative estimate of drug-likeness (QED) is 0.491. The van der Waals surface area contributed by atoms with Gasteiger partial charge in [-0.25, -0.2) is 0 Å². The maximum Gasteiger partial charge on any atom is 0.403 e. The largest absolute Gasteiger partial charge is 0.403 e. The van der Waals surface area contributed by atoms with Crippen LogP contribution in [0.15, 0.2) is 12.2 Å². The van der Waals surface area contributed by atoms with E-state index in [1.807, 2.05) is 0 Å². The van der Waals surface area contributed by atoms with Gasteiger partial charge in [-0.05, 0) is 38.7 Å².